The van der Waals surface area contributed by atoms with Crippen molar-refractivity contribution in [3.05, 3.63) is 29.8 Å². The monoisotopic (exact) mass is 341 g/mol. The highest BCUT2D eigenvalue weighted by atomic mass is 32.2. The van der Waals surface area contributed by atoms with Gasteiger partial charge in [0, 0.05) is 19.5 Å². The first-order valence-corrected chi connectivity index (χ1v) is 9.53. The van der Waals surface area contributed by atoms with Crippen LogP contribution < -0.4 is 15.8 Å². The summed E-state index contributed by atoms with van der Waals surface area (Å²) < 4.78 is 26.1. The molecule has 0 aromatic heterocycles. The molecule has 1 rings (SSSR count). The van der Waals surface area contributed by atoms with E-state index in [2.05, 4.69) is 10.0 Å². The fourth-order valence-corrected chi connectivity index (χ4v) is 3.17. The number of carbonyl (C=O) groups excluding carboxylic acids is 1. The van der Waals surface area contributed by atoms with Crippen LogP contribution in [0.15, 0.2) is 29.2 Å². The molecule has 0 spiro atoms. The molecule has 1 amide bonds. The van der Waals surface area contributed by atoms with Gasteiger partial charge >= 0.3 is 0 Å². The van der Waals surface area contributed by atoms with E-state index >= 15 is 0 Å². The summed E-state index contributed by atoms with van der Waals surface area (Å²) in [5.41, 5.74) is 6.29. The second-order valence-corrected chi connectivity index (χ2v) is 7.14. The Kier molecular flexibility index (Phi) is 8.83. The van der Waals surface area contributed by atoms with Crippen LogP contribution in [-0.2, 0) is 21.4 Å². The number of benzene rings is 1. The maximum absolute atomic E-state index is 11.8. The fraction of sp³-hybridized carbons (Fsp3) is 0.562. The van der Waals surface area contributed by atoms with E-state index in [-0.39, 0.29) is 10.8 Å². The molecule has 0 atom stereocenters. The molecule has 0 heterocycles. The van der Waals surface area contributed by atoms with Gasteiger partial charge in [0.1, 0.15) is 0 Å². The van der Waals surface area contributed by atoms with Gasteiger partial charge < -0.3 is 11.1 Å². The van der Waals surface area contributed by atoms with Crippen LogP contribution in [0.2, 0.25) is 0 Å². The molecular formula is C16H27N3O3S. The van der Waals surface area contributed by atoms with Crippen LogP contribution in [0.25, 0.3) is 0 Å². The van der Waals surface area contributed by atoms with Gasteiger partial charge in [-0.05, 0) is 37.1 Å². The average Bonchev–Trinajstić information content (AvgIpc) is 2.53. The molecule has 7 heteroatoms. The van der Waals surface area contributed by atoms with Gasteiger partial charge in [-0.2, -0.15) is 0 Å². The van der Waals surface area contributed by atoms with Crippen molar-refractivity contribution in [3.8, 4) is 0 Å². The number of nitrogens with one attached hydrogen (secondary N) is 2. The fourth-order valence-electron chi connectivity index (χ4n) is 2.13. The minimum absolute atomic E-state index is 0.0158. The number of amides is 1. The van der Waals surface area contributed by atoms with Crippen molar-refractivity contribution in [1.82, 2.24) is 10.0 Å². The third kappa shape index (κ3) is 7.58. The van der Waals surface area contributed by atoms with Crippen molar-refractivity contribution in [1.29, 1.82) is 0 Å². The van der Waals surface area contributed by atoms with E-state index in [4.69, 9.17) is 5.73 Å². The first-order valence-electron chi connectivity index (χ1n) is 8.05. The van der Waals surface area contributed by atoms with E-state index in [0.717, 1.165) is 31.2 Å². The zero-order valence-electron chi connectivity index (χ0n) is 13.7. The van der Waals surface area contributed by atoms with Gasteiger partial charge in [0.05, 0.1) is 4.90 Å². The predicted molar refractivity (Wildman–Crippen MR) is 91.3 cm³/mol. The molecule has 4 N–H and O–H groups in total. The second-order valence-electron chi connectivity index (χ2n) is 5.37. The first-order chi connectivity index (χ1) is 11.0. The van der Waals surface area contributed by atoms with E-state index in [9.17, 15) is 13.2 Å². The molecule has 130 valence electrons. The standard InChI is InChI=1S/C16H27N3O3S/c1-2-19-23(21,22)15-10-8-14(9-11-15)13-18-16(20)7-5-3-4-6-12-17/h8-11,19H,2-7,12-13,17H2,1H3,(H,18,20). The third-order valence-corrected chi connectivity index (χ3v) is 4.98. The zero-order chi connectivity index (χ0) is 17.1. The summed E-state index contributed by atoms with van der Waals surface area (Å²) in [5, 5.41) is 2.84. The molecule has 0 aliphatic rings. The summed E-state index contributed by atoms with van der Waals surface area (Å²) >= 11 is 0. The van der Waals surface area contributed by atoms with Crippen LogP contribution in [0.3, 0.4) is 0 Å². The molecule has 6 nitrogen and oxygen atoms in total. The Bertz CT molecular complexity index is 571. The van der Waals surface area contributed by atoms with Crippen molar-refractivity contribution in [2.75, 3.05) is 13.1 Å². The lowest BCUT2D eigenvalue weighted by atomic mass is 10.1. The lowest BCUT2D eigenvalue weighted by Crippen LogP contribution is -2.24. The molecule has 0 fully saturated rings. The average molecular weight is 341 g/mol. The molecule has 0 bridgehead atoms. The summed E-state index contributed by atoms with van der Waals surface area (Å²) in [5.74, 6) is 0.0158. The highest BCUT2D eigenvalue weighted by molar-refractivity contribution is 7.89. The quantitative estimate of drug-likeness (QED) is 0.531. The number of carbonyl (C=O) groups is 1. The first kappa shape index (κ1) is 19.6. The minimum atomic E-state index is -3.42. The Morgan fingerprint density at radius 1 is 1.09 bits per heavy atom. The minimum Gasteiger partial charge on any atom is -0.352 e. The molecular weight excluding hydrogens is 314 g/mol. The van der Waals surface area contributed by atoms with E-state index < -0.39 is 10.0 Å². The van der Waals surface area contributed by atoms with Crippen LogP contribution in [0.5, 0.6) is 0 Å². The highest BCUT2D eigenvalue weighted by Crippen LogP contribution is 2.10. The van der Waals surface area contributed by atoms with Gasteiger partial charge in [-0.1, -0.05) is 31.9 Å². The largest absolute Gasteiger partial charge is 0.352 e. The van der Waals surface area contributed by atoms with Gasteiger partial charge in [-0.15, -0.1) is 0 Å². The smallest absolute Gasteiger partial charge is 0.240 e. The molecule has 1 aromatic carbocycles. The van der Waals surface area contributed by atoms with Crippen molar-refractivity contribution in [3.63, 3.8) is 0 Å². The summed E-state index contributed by atoms with van der Waals surface area (Å²) in [6.07, 6.45) is 4.46. The normalized spacial score (nSPS) is 11.4. The molecule has 0 radical (unpaired) electrons. The summed E-state index contributed by atoms with van der Waals surface area (Å²) in [4.78, 5) is 11.9. The zero-order valence-corrected chi connectivity index (χ0v) is 14.5. The summed E-state index contributed by atoms with van der Waals surface area (Å²) in [6.45, 7) is 3.19. The molecule has 1 aromatic rings. The van der Waals surface area contributed by atoms with Crippen LogP contribution in [-0.4, -0.2) is 27.4 Å². The summed E-state index contributed by atoms with van der Waals surface area (Å²) in [7, 11) is -3.42. The molecule has 0 aliphatic carbocycles. The molecule has 23 heavy (non-hydrogen) atoms. The molecule has 0 unspecified atom stereocenters. The van der Waals surface area contributed by atoms with E-state index in [1.165, 1.54) is 0 Å². The molecule has 0 saturated heterocycles. The van der Waals surface area contributed by atoms with E-state index in [1.54, 1.807) is 31.2 Å². The predicted octanol–water partition coefficient (Wildman–Crippen LogP) is 1.51. The van der Waals surface area contributed by atoms with Gasteiger partial charge in [0.15, 0.2) is 0 Å². The van der Waals surface area contributed by atoms with Crippen molar-refractivity contribution < 1.29 is 13.2 Å². The number of sulfonamides is 1. The van der Waals surface area contributed by atoms with Crippen molar-refractivity contribution >= 4 is 15.9 Å². The van der Waals surface area contributed by atoms with Gasteiger partial charge in [-0.3, -0.25) is 4.79 Å². The Hall–Kier alpha value is -1.44. The van der Waals surface area contributed by atoms with E-state index in [1.807, 2.05) is 0 Å². The van der Waals surface area contributed by atoms with Crippen molar-refractivity contribution in [2.45, 2.75) is 50.5 Å². The maximum atomic E-state index is 11.8. The van der Waals surface area contributed by atoms with Crippen molar-refractivity contribution in [2.24, 2.45) is 5.73 Å². The lowest BCUT2D eigenvalue weighted by Gasteiger charge is -2.07. The Balaban J connectivity index is 2.37. The van der Waals surface area contributed by atoms with Crippen LogP contribution in [0, 0.1) is 0 Å². The topological polar surface area (TPSA) is 101 Å². The third-order valence-electron chi connectivity index (χ3n) is 3.42. The SMILES string of the molecule is CCNS(=O)(=O)c1ccc(CNC(=O)CCCCCCN)cc1. The number of unbranched alkanes of at least 4 members (excludes halogenated alkanes) is 3. The number of nitrogens with two attached hydrogens (primary N) is 1. The van der Waals surface area contributed by atoms with Gasteiger partial charge in [0.25, 0.3) is 0 Å². The number of hydrogen-bond acceptors (Lipinski definition) is 4. The number of hydrogen-bond donors (Lipinski definition) is 3. The van der Waals surface area contributed by atoms with Crippen LogP contribution in [0.1, 0.15) is 44.6 Å². The van der Waals surface area contributed by atoms with Gasteiger partial charge in [-0.25, -0.2) is 13.1 Å². The summed E-state index contributed by atoms with van der Waals surface area (Å²) in [6, 6.07) is 6.52. The van der Waals surface area contributed by atoms with Crippen LogP contribution >= 0.6 is 0 Å². The Labute approximate surface area is 138 Å². The molecule has 0 saturated carbocycles. The van der Waals surface area contributed by atoms with Crippen LogP contribution in [0.4, 0.5) is 0 Å². The van der Waals surface area contributed by atoms with E-state index in [0.29, 0.717) is 26.1 Å². The lowest BCUT2D eigenvalue weighted by molar-refractivity contribution is -0.121. The molecule has 0 aliphatic heterocycles. The second kappa shape index (κ2) is 10.4. The maximum Gasteiger partial charge on any atom is 0.240 e. The number of rotatable bonds is 11. The Morgan fingerprint density at radius 3 is 2.35 bits per heavy atom. The highest BCUT2D eigenvalue weighted by Gasteiger charge is 2.11. The Morgan fingerprint density at radius 2 is 1.74 bits per heavy atom. The van der Waals surface area contributed by atoms with Gasteiger partial charge in [0.2, 0.25) is 15.9 Å².